The summed E-state index contributed by atoms with van der Waals surface area (Å²) in [7, 11) is 0. The second-order valence-corrected chi connectivity index (χ2v) is 7.13. The predicted octanol–water partition coefficient (Wildman–Crippen LogP) is 1.88. The number of likely N-dealkylation sites (tertiary alicyclic amines) is 1. The van der Waals surface area contributed by atoms with Crippen LogP contribution in [0.15, 0.2) is 6.20 Å². The van der Waals surface area contributed by atoms with Crippen LogP contribution in [0.3, 0.4) is 0 Å². The third-order valence-corrected chi connectivity index (χ3v) is 5.28. The Morgan fingerprint density at radius 3 is 2.65 bits per heavy atom. The fraction of sp³-hybridized carbons (Fsp3) is 0.778. The van der Waals surface area contributed by atoms with E-state index in [2.05, 4.69) is 21.7 Å². The van der Waals surface area contributed by atoms with Crippen molar-refractivity contribution in [2.45, 2.75) is 39.5 Å². The maximum Gasteiger partial charge on any atom is 0.135 e. The van der Waals surface area contributed by atoms with Crippen LogP contribution < -0.4 is 4.90 Å². The molecule has 3 rings (SSSR count). The number of rotatable bonds is 6. The Morgan fingerprint density at radius 1 is 1.22 bits per heavy atom. The second kappa shape index (κ2) is 7.58. The lowest BCUT2D eigenvalue weighted by molar-refractivity contribution is 0.176. The van der Waals surface area contributed by atoms with E-state index < -0.39 is 0 Å². The summed E-state index contributed by atoms with van der Waals surface area (Å²) >= 11 is 0. The van der Waals surface area contributed by atoms with Crippen LogP contribution in [-0.4, -0.2) is 59.3 Å². The van der Waals surface area contributed by atoms with Crippen molar-refractivity contribution in [1.82, 2.24) is 14.9 Å². The largest absolute Gasteiger partial charge is 0.396 e. The number of anilines is 1. The molecule has 2 atom stereocenters. The summed E-state index contributed by atoms with van der Waals surface area (Å²) in [5.74, 6) is 2.84. The monoisotopic (exact) mass is 318 g/mol. The normalized spacial score (nSPS) is 25.4. The first-order valence-corrected chi connectivity index (χ1v) is 9.12. The average molecular weight is 318 g/mol. The fourth-order valence-corrected chi connectivity index (χ4v) is 4.02. The number of aromatic nitrogens is 2. The molecule has 0 unspecified atom stereocenters. The quantitative estimate of drug-likeness (QED) is 0.868. The van der Waals surface area contributed by atoms with Crippen molar-refractivity contribution in [3.8, 4) is 0 Å². The summed E-state index contributed by atoms with van der Waals surface area (Å²) in [5, 5.41) is 9.82. The summed E-state index contributed by atoms with van der Waals surface area (Å²) in [5.41, 5.74) is 1.25. The minimum atomic E-state index is 0.280. The molecule has 2 saturated heterocycles. The Balaban J connectivity index is 1.74. The Labute approximate surface area is 139 Å². The van der Waals surface area contributed by atoms with Gasteiger partial charge in [0, 0.05) is 43.9 Å². The molecule has 2 fully saturated rings. The van der Waals surface area contributed by atoms with E-state index in [-0.39, 0.29) is 6.61 Å². The molecule has 128 valence electrons. The van der Waals surface area contributed by atoms with Crippen LogP contribution in [0.25, 0.3) is 0 Å². The van der Waals surface area contributed by atoms with Gasteiger partial charge in [-0.25, -0.2) is 9.97 Å². The first-order chi connectivity index (χ1) is 11.2. The van der Waals surface area contributed by atoms with Crippen LogP contribution in [0.4, 0.5) is 5.82 Å². The highest BCUT2D eigenvalue weighted by Gasteiger charge is 2.35. The number of hydrogen-bond acceptors (Lipinski definition) is 5. The van der Waals surface area contributed by atoms with E-state index in [1.54, 1.807) is 0 Å². The molecular weight excluding hydrogens is 288 g/mol. The third-order valence-electron chi connectivity index (χ3n) is 5.28. The molecular formula is C18H30N4O. The van der Waals surface area contributed by atoms with Crippen LogP contribution >= 0.6 is 0 Å². The van der Waals surface area contributed by atoms with Gasteiger partial charge >= 0.3 is 0 Å². The standard InChI is InChI=1S/C18H30N4O/c1-3-6-15-9-19-14(2)20-18(15)22-11-16(17(12-22)13-23)10-21-7-4-5-8-21/h9,16-17,23H,3-8,10-13H2,1-2H3/t16-,17-/m1/s1. The van der Waals surface area contributed by atoms with E-state index in [0.717, 1.165) is 44.1 Å². The zero-order valence-corrected chi connectivity index (χ0v) is 14.5. The maximum absolute atomic E-state index is 9.82. The van der Waals surface area contributed by atoms with E-state index in [0.29, 0.717) is 11.8 Å². The van der Waals surface area contributed by atoms with Gasteiger partial charge in [-0.15, -0.1) is 0 Å². The van der Waals surface area contributed by atoms with E-state index in [4.69, 9.17) is 4.98 Å². The lowest BCUT2D eigenvalue weighted by atomic mass is 9.96. The van der Waals surface area contributed by atoms with Gasteiger partial charge in [-0.1, -0.05) is 13.3 Å². The Morgan fingerprint density at radius 2 is 1.96 bits per heavy atom. The molecule has 0 bridgehead atoms. The molecule has 2 aliphatic rings. The second-order valence-electron chi connectivity index (χ2n) is 7.13. The third kappa shape index (κ3) is 3.83. The van der Waals surface area contributed by atoms with E-state index in [1.165, 1.54) is 31.5 Å². The van der Waals surface area contributed by atoms with Gasteiger partial charge < -0.3 is 14.9 Å². The molecule has 23 heavy (non-hydrogen) atoms. The molecule has 3 heterocycles. The summed E-state index contributed by atoms with van der Waals surface area (Å²) in [6, 6.07) is 0. The van der Waals surface area contributed by atoms with Crippen molar-refractivity contribution in [3.05, 3.63) is 17.6 Å². The Hall–Kier alpha value is -1.20. The molecule has 1 aromatic rings. The maximum atomic E-state index is 9.82. The Kier molecular flexibility index (Phi) is 5.49. The molecule has 0 aliphatic carbocycles. The highest BCUT2D eigenvalue weighted by atomic mass is 16.3. The number of aryl methyl sites for hydroxylation is 2. The van der Waals surface area contributed by atoms with Crippen LogP contribution in [-0.2, 0) is 6.42 Å². The van der Waals surface area contributed by atoms with Crippen molar-refractivity contribution in [2.75, 3.05) is 44.2 Å². The number of aliphatic hydroxyl groups is 1. The highest BCUT2D eigenvalue weighted by Crippen LogP contribution is 2.30. The topological polar surface area (TPSA) is 52.5 Å². The van der Waals surface area contributed by atoms with Crippen LogP contribution in [0.1, 0.15) is 37.6 Å². The number of hydrogen-bond donors (Lipinski definition) is 1. The summed E-state index contributed by atoms with van der Waals surface area (Å²) in [4.78, 5) is 14.1. The molecule has 0 aromatic carbocycles. The van der Waals surface area contributed by atoms with Crippen molar-refractivity contribution >= 4 is 5.82 Å². The lowest BCUT2D eigenvalue weighted by Gasteiger charge is -2.23. The fourth-order valence-electron chi connectivity index (χ4n) is 4.02. The molecule has 5 nitrogen and oxygen atoms in total. The minimum absolute atomic E-state index is 0.280. The number of nitrogens with zero attached hydrogens (tertiary/aromatic N) is 4. The number of aliphatic hydroxyl groups excluding tert-OH is 1. The predicted molar refractivity (Wildman–Crippen MR) is 92.7 cm³/mol. The van der Waals surface area contributed by atoms with Crippen molar-refractivity contribution < 1.29 is 5.11 Å². The summed E-state index contributed by atoms with van der Waals surface area (Å²) < 4.78 is 0. The molecule has 2 aliphatic heterocycles. The van der Waals surface area contributed by atoms with E-state index in [9.17, 15) is 5.11 Å². The molecule has 1 aromatic heterocycles. The van der Waals surface area contributed by atoms with Crippen molar-refractivity contribution in [2.24, 2.45) is 11.8 Å². The van der Waals surface area contributed by atoms with Crippen LogP contribution in [0.2, 0.25) is 0 Å². The average Bonchev–Trinajstić information content (AvgIpc) is 3.19. The van der Waals surface area contributed by atoms with Gasteiger partial charge in [0.2, 0.25) is 0 Å². The molecule has 0 amide bonds. The van der Waals surface area contributed by atoms with Gasteiger partial charge in [0.1, 0.15) is 11.6 Å². The lowest BCUT2D eigenvalue weighted by Crippen LogP contribution is -2.32. The van der Waals surface area contributed by atoms with Crippen LogP contribution in [0, 0.1) is 18.8 Å². The van der Waals surface area contributed by atoms with Crippen molar-refractivity contribution in [3.63, 3.8) is 0 Å². The Bertz CT molecular complexity index is 516. The minimum Gasteiger partial charge on any atom is -0.396 e. The van der Waals surface area contributed by atoms with Gasteiger partial charge in [-0.2, -0.15) is 0 Å². The first-order valence-electron chi connectivity index (χ1n) is 9.12. The molecule has 1 N–H and O–H groups in total. The van der Waals surface area contributed by atoms with Crippen LogP contribution in [0.5, 0.6) is 0 Å². The zero-order chi connectivity index (χ0) is 16.2. The highest BCUT2D eigenvalue weighted by molar-refractivity contribution is 5.47. The van der Waals surface area contributed by atoms with Gasteiger partial charge in [-0.3, -0.25) is 0 Å². The first kappa shape index (κ1) is 16.7. The molecule has 0 radical (unpaired) electrons. The van der Waals surface area contributed by atoms with Gasteiger partial charge in [0.15, 0.2) is 0 Å². The van der Waals surface area contributed by atoms with E-state index in [1.807, 2.05) is 13.1 Å². The van der Waals surface area contributed by atoms with Gasteiger partial charge in [0.05, 0.1) is 0 Å². The smallest absolute Gasteiger partial charge is 0.135 e. The zero-order valence-electron chi connectivity index (χ0n) is 14.5. The SMILES string of the molecule is CCCc1cnc(C)nc1N1C[C@@H](CN2CCCC2)[C@@H](CO)C1. The molecule has 0 saturated carbocycles. The summed E-state index contributed by atoms with van der Waals surface area (Å²) in [6.45, 7) is 9.93. The van der Waals surface area contributed by atoms with Gasteiger partial charge in [-0.05, 0) is 45.2 Å². The molecule has 5 heteroatoms. The van der Waals surface area contributed by atoms with E-state index >= 15 is 0 Å². The van der Waals surface area contributed by atoms with Crippen molar-refractivity contribution in [1.29, 1.82) is 0 Å². The van der Waals surface area contributed by atoms with Gasteiger partial charge in [0.25, 0.3) is 0 Å². The summed E-state index contributed by atoms with van der Waals surface area (Å²) in [6.07, 6.45) is 6.77. The molecule has 0 spiro atoms.